The second-order valence-corrected chi connectivity index (χ2v) is 8.10. The van der Waals surface area contributed by atoms with Crippen LogP contribution in [-0.4, -0.2) is 24.8 Å². The molecule has 2 N–H and O–H groups in total. The van der Waals surface area contributed by atoms with Crippen LogP contribution in [0.25, 0.3) is 0 Å². The summed E-state index contributed by atoms with van der Waals surface area (Å²) >= 11 is 3.37. The number of nitrogens with two attached hydrogens (primary N) is 1. The summed E-state index contributed by atoms with van der Waals surface area (Å²) in [7, 11) is -3.47. The van der Waals surface area contributed by atoms with Gasteiger partial charge in [-0.05, 0) is 60.3 Å². The molecule has 1 heterocycles. The minimum atomic E-state index is -3.47. The highest BCUT2D eigenvalue weighted by atomic mass is 79.9. The average molecular weight is 361 g/mol. The van der Waals surface area contributed by atoms with Crippen LogP contribution in [0.3, 0.4) is 0 Å². The van der Waals surface area contributed by atoms with Crippen molar-refractivity contribution in [3.05, 3.63) is 28.2 Å². The molecule has 1 saturated heterocycles. The maximum atomic E-state index is 12.9. The van der Waals surface area contributed by atoms with Crippen molar-refractivity contribution < 1.29 is 8.42 Å². The molecule has 6 heteroatoms. The van der Waals surface area contributed by atoms with Gasteiger partial charge in [-0.25, -0.2) is 8.42 Å². The zero-order valence-corrected chi connectivity index (χ0v) is 14.2. The zero-order chi connectivity index (χ0) is 14.9. The van der Waals surface area contributed by atoms with Crippen molar-refractivity contribution in [3.63, 3.8) is 0 Å². The Balaban J connectivity index is 2.44. The molecule has 1 aliphatic rings. The Morgan fingerprint density at radius 3 is 2.40 bits per heavy atom. The van der Waals surface area contributed by atoms with Crippen molar-refractivity contribution in [2.75, 3.05) is 0 Å². The van der Waals surface area contributed by atoms with Crippen molar-refractivity contribution in [3.8, 4) is 0 Å². The standard InChI is InChI=1S/C14H21BrN2O2S/c1-10-4-3-5-11(2)17(10)20(18,19)14-7-6-12(9-16)8-13(14)15/h6-8,10-11H,3-5,9,16H2,1-2H3/t10-,11+. The molecule has 112 valence electrons. The van der Waals surface area contributed by atoms with E-state index in [1.54, 1.807) is 22.5 Å². The SMILES string of the molecule is C[C@@H]1CCC[C@H](C)N1S(=O)(=O)c1ccc(CN)cc1Br. The van der Waals surface area contributed by atoms with Gasteiger partial charge < -0.3 is 5.73 Å². The van der Waals surface area contributed by atoms with Crippen LogP contribution in [0.2, 0.25) is 0 Å². The predicted molar refractivity (Wildman–Crippen MR) is 83.8 cm³/mol. The lowest BCUT2D eigenvalue weighted by molar-refractivity contribution is 0.204. The molecular formula is C14H21BrN2O2S. The lowest BCUT2D eigenvalue weighted by Crippen LogP contribution is -2.47. The highest BCUT2D eigenvalue weighted by molar-refractivity contribution is 9.10. The number of hydrogen-bond donors (Lipinski definition) is 1. The Kier molecular flexibility index (Phi) is 4.89. The Morgan fingerprint density at radius 1 is 1.30 bits per heavy atom. The van der Waals surface area contributed by atoms with Gasteiger partial charge in [0.15, 0.2) is 0 Å². The van der Waals surface area contributed by atoms with E-state index < -0.39 is 10.0 Å². The van der Waals surface area contributed by atoms with Gasteiger partial charge in [0.2, 0.25) is 10.0 Å². The first-order chi connectivity index (χ1) is 9.37. The molecule has 1 aromatic carbocycles. The number of halogens is 1. The summed E-state index contributed by atoms with van der Waals surface area (Å²) in [4.78, 5) is 0.329. The van der Waals surface area contributed by atoms with E-state index in [2.05, 4.69) is 15.9 Å². The summed E-state index contributed by atoms with van der Waals surface area (Å²) in [5, 5.41) is 0. The monoisotopic (exact) mass is 360 g/mol. The smallest absolute Gasteiger partial charge is 0.244 e. The van der Waals surface area contributed by atoms with E-state index in [4.69, 9.17) is 5.73 Å². The molecule has 2 rings (SSSR count). The van der Waals surface area contributed by atoms with Gasteiger partial charge >= 0.3 is 0 Å². The minimum absolute atomic E-state index is 0.0461. The van der Waals surface area contributed by atoms with Crippen LogP contribution in [-0.2, 0) is 16.6 Å². The number of sulfonamides is 1. The highest BCUT2D eigenvalue weighted by Crippen LogP contribution is 2.33. The molecule has 1 fully saturated rings. The summed E-state index contributed by atoms with van der Waals surface area (Å²) in [6.07, 6.45) is 2.92. The van der Waals surface area contributed by atoms with Gasteiger partial charge in [-0.15, -0.1) is 0 Å². The number of benzene rings is 1. The number of nitrogens with zero attached hydrogens (tertiary/aromatic N) is 1. The quantitative estimate of drug-likeness (QED) is 0.901. The second-order valence-electron chi connectivity index (χ2n) is 5.43. The van der Waals surface area contributed by atoms with Crippen LogP contribution in [0.5, 0.6) is 0 Å². The number of rotatable bonds is 3. The normalized spacial score (nSPS) is 24.8. The van der Waals surface area contributed by atoms with Crippen molar-refractivity contribution in [2.45, 2.75) is 56.6 Å². The fraction of sp³-hybridized carbons (Fsp3) is 0.571. The van der Waals surface area contributed by atoms with Crippen LogP contribution >= 0.6 is 15.9 Å². The molecule has 0 amide bonds. The van der Waals surface area contributed by atoms with E-state index in [1.165, 1.54) is 0 Å². The van der Waals surface area contributed by atoms with Crippen LogP contribution in [0.15, 0.2) is 27.6 Å². The van der Waals surface area contributed by atoms with Crippen LogP contribution in [0.4, 0.5) is 0 Å². The first-order valence-electron chi connectivity index (χ1n) is 6.90. The first kappa shape index (κ1) is 15.9. The van der Waals surface area contributed by atoms with E-state index in [0.29, 0.717) is 15.9 Å². The molecule has 1 aliphatic heterocycles. The maximum Gasteiger partial charge on any atom is 0.244 e. The average Bonchev–Trinajstić information content (AvgIpc) is 2.37. The molecule has 1 aromatic rings. The van der Waals surface area contributed by atoms with Crippen molar-refractivity contribution in [1.82, 2.24) is 4.31 Å². The fourth-order valence-electron chi connectivity index (χ4n) is 2.87. The third kappa shape index (κ3) is 2.93. The van der Waals surface area contributed by atoms with E-state index in [0.717, 1.165) is 24.8 Å². The second kappa shape index (κ2) is 6.13. The highest BCUT2D eigenvalue weighted by Gasteiger charge is 2.36. The molecule has 0 aromatic heterocycles. The van der Waals surface area contributed by atoms with Crippen LogP contribution < -0.4 is 5.73 Å². The molecule has 0 spiro atoms. The predicted octanol–water partition coefficient (Wildman–Crippen LogP) is 2.86. The third-order valence-electron chi connectivity index (χ3n) is 3.90. The molecule has 0 aliphatic carbocycles. The maximum absolute atomic E-state index is 12.9. The van der Waals surface area contributed by atoms with E-state index in [9.17, 15) is 8.42 Å². The summed E-state index contributed by atoms with van der Waals surface area (Å²) in [5.41, 5.74) is 6.50. The summed E-state index contributed by atoms with van der Waals surface area (Å²) < 4.78 is 28.0. The first-order valence-corrected chi connectivity index (χ1v) is 9.13. The molecule has 4 nitrogen and oxygen atoms in total. The molecular weight excluding hydrogens is 340 g/mol. The van der Waals surface area contributed by atoms with Gasteiger partial charge in [-0.2, -0.15) is 4.31 Å². The van der Waals surface area contributed by atoms with E-state index >= 15 is 0 Å². The van der Waals surface area contributed by atoms with Crippen LogP contribution in [0, 0.1) is 0 Å². The number of piperidine rings is 1. The number of hydrogen-bond acceptors (Lipinski definition) is 3. The van der Waals surface area contributed by atoms with Gasteiger partial charge in [0.1, 0.15) is 0 Å². The lowest BCUT2D eigenvalue weighted by Gasteiger charge is -2.37. The zero-order valence-electron chi connectivity index (χ0n) is 11.8. The van der Waals surface area contributed by atoms with Crippen molar-refractivity contribution in [1.29, 1.82) is 0 Å². The van der Waals surface area contributed by atoms with E-state index in [1.807, 2.05) is 13.8 Å². The Hall–Kier alpha value is -0.430. The van der Waals surface area contributed by atoms with Gasteiger partial charge in [-0.3, -0.25) is 0 Å². The topological polar surface area (TPSA) is 63.4 Å². The molecule has 2 atom stereocenters. The van der Waals surface area contributed by atoms with Crippen molar-refractivity contribution >= 4 is 26.0 Å². The fourth-order valence-corrected chi connectivity index (χ4v) is 5.84. The summed E-state index contributed by atoms with van der Waals surface area (Å²) in [5.74, 6) is 0. The summed E-state index contributed by atoms with van der Waals surface area (Å²) in [6.45, 7) is 4.36. The van der Waals surface area contributed by atoms with Gasteiger partial charge in [0.25, 0.3) is 0 Å². The minimum Gasteiger partial charge on any atom is -0.326 e. The lowest BCUT2D eigenvalue weighted by atomic mass is 10.0. The molecule has 0 unspecified atom stereocenters. The van der Waals surface area contributed by atoms with Gasteiger partial charge in [-0.1, -0.05) is 12.5 Å². The Morgan fingerprint density at radius 2 is 1.90 bits per heavy atom. The molecule has 0 bridgehead atoms. The Labute approximate surface area is 129 Å². The Bertz CT molecular complexity index is 579. The molecule has 0 radical (unpaired) electrons. The van der Waals surface area contributed by atoms with E-state index in [-0.39, 0.29) is 12.1 Å². The van der Waals surface area contributed by atoms with Gasteiger partial charge in [0, 0.05) is 23.1 Å². The largest absolute Gasteiger partial charge is 0.326 e. The molecule has 0 saturated carbocycles. The summed E-state index contributed by atoms with van der Waals surface area (Å²) in [6, 6.07) is 5.30. The van der Waals surface area contributed by atoms with Gasteiger partial charge in [0.05, 0.1) is 4.90 Å². The van der Waals surface area contributed by atoms with Crippen molar-refractivity contribution in [2.24, 2.45) is 5.73 Å². The van der Waals surface area contributed by atoms with Crippen LogP contribution in [0.1, 0.15) is 38.7 Å². The third-order valence-corrected chi connectivity index (χ3v) is 7.01. The molecule has 20 heavy (non-hydrogen) atoms.